The monoisotopic (exact) mass is 848 g/mol. The summed E-state index contributed by atoms with van der Waals surface area (Å²) in [5.74, 6) is -2.67. The van der Waals surface area contributed by atoms with Crippen molar-refractivity contribution in [3.63, 3.8) is 0 Å². The van der Waals surface area contributed by atoms with Gasteiger partial charge in [0.05, 0.1) is 53.7 Å². The van der Waals surface area contributed by atoms with Crippen LogP contribution in [0.3, 0.4) is 0 Å². The highest BCUT2D eigenvalue weighted by Gasteiger charge is 2.50. The number of carbonyl (C=O) groups excluding carboxylic acids is 3. The first kappa shape index (κ1) is 49.3. The van der Waals surface area contributed by atoms with Crippen molar-refractivity contribution in [3.8, 4) is 0 Å². The van der Waals surface area contributed by atoms with E-state index in [1.807, 2.05) is 73.5 Å². The Balaban J connectivity index is 1.58. The Bertz CT molecular complexity index is 1610. The van der Waals surface area contributed by atoms with Crippen molar-refractivity contribution in [2.75, 3.05) is 47.4 Å². The zero-order valence-electron chi connectivity index (χ0n) is 38.2. The predicted molar refractivity (Wildman–Crippen MR) is 225 cm³/mol. The van der Waals surface area contributed by atoms with Gasteiger partial charge in [-0.25, -0.2) is 14.4 Å². The van der Waals surface area contributed by atoms with Gasteiger partial charge in [0.25, 0.3) is 0 Å². The van der Waals surface area contributed by atoms with Crippen molar-refractivity contribution in [1.29, 1.82) is 0 Å². The van der Waals surface area contributed by atoms with Gasteiger partial charge >= 0.3 is 18.0 Å². The molecule has 0 saturated carbocycles. The third-order valence-corrected chi connectivity index (χ3v) is 11.9. The Kier molecular flexibility index (Phi) is 17.0. The summed E-state index contributed by atoms with van der Waals surface area (Å²) in [5, 5.41) is 25.3. The Morgan fingerprint density at radius 3 is 2.27 bits per heavy atom. The largest absolute Gasteiger partial charge is 0.456 e. The lowest BCUT2D eigenvalue weighted by molar-refractivity contribution is -0.298. The lowest BCUT2D eigenvalue weighted by atomic mass is 9.80. The summed E-state index contributed by atoms with van der Waals surface area (Å²) >= 11 is 0. The maximum atomic E-state index is 13.6. The second kappa shape index (κ2) is 20.7. The van der Waals surface area contributed by atoms with Gasteiger partial charge in [-0.1, -0.05) is 32.0 Å². The fourth-order valence-corrected chi connectivity index (χ4v) is 8.61. The van der Waals surface area contributed by atoms with Gasteiger partial charge in [0, 0.05) is 40.0 Å². The van der Waals surface area contributed by atoms with E-state index in [4.69, 9.17) is 33.2 Å². The van der Waals surface area contributed by atoms with E-state index < -0.39 is 65.5 Å². The maximum Gasteiger partial charge on any atom is 0.410 e. The standard InChI is InChI=1S/C45H73N3O12/c1-27(25-46-33(26-49)35(50)31-19-21-48(22-20-31)42(53)60-43(5,6)7)24-45(10,54-13)38(29(3)36-30(4)39(51)59-44(8,9)58-36)57-41-37(34(47(11)12)23-28(2)55-41)56-40(52)32-17-15-14-16-18-32/h14-18,27-29,31,33-35,37-38,41,46,49-50H,19-26H2,1-13H3/t27?,28-,29?,33?,34+,35?,37-,38?,41+,45?/m1/s1. The van der Waals surface area contributed by atoms with Gasteiger partial charge in [0.1, 0.15) is 11.4 Å². The number of nitrogens with zero attached hydrogens (tertiary/aromatic N) is 2. The van der Waals surface area contributed by atoms with Gasteiger partial charge in [-0.15, -0.1) is 0 Å². The number of nitrogens with one attached hydrogen (secondary N) is 1. The summed E-state index contributed by atoms with van der Waals surface area (Å²) < 4.78 is 43.7. The van der Waals surface area contributed by atoms with Gasteiger partial charge in [-0.3, -0.25) is 0 Å². The number of amides is 1. The van der Waals surface area contributed by atoms with Crippen LogP contribution in [0.1, 0.15) is 105 Å². The number of aliphatic hydroxyl groups is 2. The normalized spacial score (nSPS) is 26.3. The van der Waals surface area contributed by atoms with Crippen LogP contribution in [0.5, 0.6) is 0 Å². The van der Waals surface area contributed by atoms with Crippen LogP contribution in [-0.4, -0.2) is 145 Å². The molecule has 4 rings (SSSR count). The summed E-state index contributed by atoms with van der Waals surface area (Å²) in [6.07, 6.45) is -2.03. The molecule has 15 nitrogen and oxygen atoms in total. The lowest BCUT2D eigenvalue weighted by Crippen LogP contribution is -2.60. The SMILES string of the molecule is COC(C)(CC(C)CNC(CO)C(O)C1CCN(C(=O)OC(C)(C)C)CC1)C(O[C@@H]1O[C@H](C)C[C@H](N(C)C)[C@H]1OC(=O)c1ccccc1)C(C)C1=C(C)C(=O)OC(C)(C)O1. The van der Waals surface area contributed by atoms with Crippen LogP contribution < -0.4 is 5.32 Å². The highest BCUT2D eigenvalue weighted by molar-refractivity contribution is 5.90. The summed E-state index contributed by atoms with van der Waals surface area (Å²) in [6, 6.07) is 7.91. The first-order chi connectivity index (χ1) is 28.0. The van der Waals surface area contributed by atoms with E-state index in [0.717, 1.165) is 0 Å². The number of hydrogen-bond acceptors (Lipinski definition) is 14. The summed E-state index contributed by atoms with van der Waals surface area (Å²) in [4.78, 5) is 43.0. The lowest BCUT2D eigenvalue weighted by Gasteiger charge is -2.48. The van der Waals surface area contributed by atoms with Crippen molar-refractivity contribution in [2.24, 2.45) is 17.8 Å². The van der Waals surface area contributed by atoms with Gasteiger partial charge in [-0.05, 0) is 112 Å². The number of aliphatic hydroxyl groups excluding tert-OH is 2. The molecule has 15 heteroatoms. The van der Waals surface area contributed by atoms with Crippen molar-refractivity contribution in [1.82, 2.24) is 15.1 Å². The highest BCUT2D eigenvalue weighted by atomic mass is 16.7. The molecule has 1 aromatic rings. The predicted octanol–water partition coefficient (Wildman–Crippen LogP) is 5.27. The first-order valence-corrected chi connectivity index (χ1v) is 21.4. The summed E-state index contributed by atoms with van der Waals surface area (Å²) in [5.41, 5.74) is -0.955. The van der Waals surface area contributed by atoms with Crippen LogP contribution in [0, 0.1) is 17.8 Å². The molecule has 0 radical (unpaired) electrons. The molecule has 0 spiro atoms. The molecule has 0 aromatic heterocycles. The molecule has 10 atom stereocenters. The Morgan fingerprint density at radius 2 is 1.70 bits per heavy atom. The molecule has 1 aromatic carbocycles. The molecule has 3 aliphatic heterocycles. The number of likely N-dealkylation sites (tertiary alicyclic amines) is 1. The number of esters is 2. The second-order valence-electron chi connectivity index (χ2n) is 18.9. The van der Waals surface area contributed by atoms with E-state index >= 15 is 0 Å². The van der Waals surface area contributed by atoms with Crippen LogP contribution in [-0.2, 0) is 38.0 Å². The molecule has 3 heterocycles. The van der Waals surface area contributed by atoms with Gasteiger partial charge in [-0.2, -0.15) is 0 Å². The quantitative estimate of drug-likeness (QED) is 0.137. The smallest absolute Gasteiger partial charge is 0.410 e. The fourth-order valence-electron chi connectivity index (χ4n) is 8.61. The molecule has 6 unspecified atom stereocenters. The van der Waals surface area contributed by atoms with Crippen LogP contribution in [0.2, 0.25) is 0 Å². The fraction of sp³-hybridized carbons (Fsp3) is 0.756. The zero-order valence-corrected chi connectivity index (χ0v) is 38.2. The number of ether oxygens (including phenoxy) is 7. The number of rotatable bonds is 17. The molecule has 60 heavy (non-hydrogen) atoms. The number of hydrogen-bond donors (Lipinski definition) is 3. The number of methoxy groups -OCH3 is 1. The average Bonchev–Trinajstić information content (AvgIpc) is 3.18. The van der Waals surface area contributed by atoms with E-state index in [-0.39, 0.29) is 36.7 Å². The molecule has 340 valence electrons. The maximum absolute atomic E-state index is 13.6. The Labute approximate surface area is 357 Å². The van der Waals surface area contributed by atoms with Crippen LogP contribution in [0.4, 0.5) is 4.79 Å². The van der Waals surface area contributed by atoms with Crippen molar-refractivity contribution in [3.05, 3.63) is 47.2 Å². The Hall–Kier alpha value is -3.31. The van der Waals surface area contributed by atoms with Crippen LogP contribution >= 0.6 is 0 Å². The van der Waals surface area contributed by atoms with Crippen molar-refractivity contribution < 1.29 is 57.8 Å². The molecular weight excluding hydrogens is 775 g/mol. The van der Waals surface area contributed by atoms with E-state index in [1.54, 1.807) is 57.0 Å². The molecule has 2 saturated heterocycles. The first-order valence-electron chi connectivity index (χ1n) is 21.4. The molecule has 0 aliphatic carbocycles. The number of piperidine rings is 1. The number of cyclic esters (lactones) is 1. The van der Waals surface area contributed by atoms with Crippen LogP contribution in [0.25, 0.3) is 0 Å². The van der Waals surface area contributed by atoms with Gasteiger partial charge in [0.15, 0.2) is 12.4 Å². The number of benzene rings is 1. The number of carbonyl (C=O) groups is 3. The third kappa shape index (κ3) is 12.9. The van der Waals surface area contributed by atoms with E-state index in [2.05, 4.69) is 5.32 Å². The van der Waals surface area contributed by atoms with Crippen molar-refractivity contribution >= 4 is 18.0 Å². The molecule has 3 N–H and O–H groups in total. The highest BCUT2D eigenvalue weighted by Crippen LogP contribution is 2.41. The van der Waals surface area contributed by atoms with Crippen molar-refractivity contribution in [2.45, 2.75) is 155 Å². The minimum atomic E-state index is -1.24. The molecule has 1 amide bonds. The minimum absolute atomic E-state index is 0.0975. The summed E-state index contributed by atoms with van der Waals surface area (Å²) in [6.45, 7) is 19.4. The van der Waals surface area contributed by atoms with E-state index in [1.165, 1.54) is 0 Å². The average molecular weight is 848 g/mol. The molecule has 2 fully saturated rings. The zero-order chi connectivity index (χ0) is 44.7. The minimum Gasteiger partial charge on any atom is -0.456 e. The molecule has 0 bridgehead atoms. The molecule has 3 aliphatic rings. The second-order valence-corrected chi connectivity index (χ2v) is 18.9. The Morgan fingerprint density at radius 1 is 1.07 bits per heavy atom. The summed E-state index contributed by atoms with van der Waals surface area (Å²) in [7, 11) is 5.46. The van der Waals surface area contributed by atoms with E-state index in [9.17, 15) is 24.6 Å². The van der Waals surface area contributed by atoms with E-state index in [0.29, 0.717) is 62.2 Å². The van der Waals surface area contributed by atoms with Gasteiger partial charge in [0.2, 0.25) is 5.79 Å². The molecular formula is C45H73N3O12. The topological polar surface area (TPSA) is 175 Å². The third-order valence-electron chi connectivity index (χ3n) is 11.9. The van der Waals surface area contributed by atoms with Crippen LogP contribution in [0.15, 0.2) is 41.7 Å². The number of likely N-dealkylation sites (N-methyl/N-ethyl adjacent to an activating group) is 1. The van der Waals surface area contributed by atoms with Gasteiger partial charge < -0.3 is 58.5 Å².